The topological polar surface area (TPSA) is 73.5 Å². The quantitative estimate of drug-likeness (QED) is 0.341. The molecule has 3 N–H and O–H groups in total. The molecule has 3 aromatic rings. The van der Waals surface area contributed by atoms with Gasteiger partial charge in [0, 0.05) is 61.4 Å². The molecule has 0 atom stereocenters. The minimum Gasteiger partial charge on any atom is -0.370 e. The zero-order chi connectivity index (χ0) is 17.1. The molecule has 1 aliphatic heterocycles. The Kier molecular flexibility index (Phi) is 6.36. The zero-order valence-electron chi connectivity index (χ0n) is 14.5. The maximum atomic E-state index is 6.20. The Morgan fingerprint density at radius 2 is 2.04 bits per heavy atom. The van der Waals surface area contributed by atoms with Gasteiger partial charge in [-0.1, -0.05) is 18.2 Å². The Balaban J connectivity index is 0.00000196. The summed E-state index contributed by atoms with van der Waals surface area (Å²) in [5, 5.41) is 4.38. The molecule has 0 spiro atoms. The highest BCUT2D eigenvalue weighted by Crippen LogP contribution is 2.19. The van der Waals surface area contributed by atoms with Crippen molar-refractivity contribution in [3.8, 4) is 0 Å². The number of halogens is 1. The number of aromatic nitrogens is 2. The van der Waals surface area contributed by atoms with E-state index in [0.717, 1.165) is 37.7 Å². The van der Waals surface area contributed by atoms with Crippen LogP contribution in [0.3, 0.4) is 0 Å². The van der Waals surface area contributed by atoms with E-state index in [9.17, 15) is 0 Å². The van der Waals surface area contributed by atoms with Gasteiger partial charge >= 0.3 is 0 Å². The van der Waals surface area contributed by atoms with E-state index < -0.39 is 0 Å². The summed E-state index contributed by atoms with van der Waals surface area (Å²) in [6.45, 7) is 4.36. The molecular weight excluding hydrogens is 459 g/mol. The summed E-state index contributed by atoms with van der Waals surface area (Å²) in [7, 11) is 0. The maximum Gasteiger partial charge on any atom is 0.191 e. The number of nitrogens with zero attached hydrogens (tertiary/aromatic N) is 4. The van der Waals surface area contributed by atoms with Crippen molar-refractivity contribution in [3.63, 3.8) is 0 Å². The third-order valence-electron chi connectivity index (χ3n) is 4.62. The van der Waals surface area contributed by atoms with Crippen molar-refractivity contribution in [1.82, 2.24) is 14.9 Å². The normalized spacial score (nSPS) is 15.3. The van der Waals surface area contributed by atoms with E-state index in [0.29, 0.717) is 12.5 Å². The van der Waals surface area contributed by atoms with Gasteiger partial charge in [-0.2, -0.15) is 0 Å². The van der Waals surface area contributed by atoms with Crippen LogP contribution in [0.2, 0.25) is 0 Å². The molecule has 1 aromatic carbocycles. The number of fused-ring (bicyclic) bond motifs is 1. The van der Waals surface area contributed by atoms with Gasteiger partial charge in [0.2, 0.25) is 0 Å². The fourth-order valence-corrected chi connectivity index (χ4v) is 3.93. The first-order chi connectivity index (χ1) is 12.3. The zero-order valence-corrected chi connectivity index (χ0v) is 17.6. The van der Waals surface area contributed by atoms with Gasteiger partial charge in [0.05, 0.1) is 0 Å². The predicted molar refractivity (Wildman–Crippen MR) is 120 cm³/mol. The number of thiazole rings is 1. The van der Waals surface area contributed by atoms with Crippen molar-refractivity contribution >= 4 is 57.3 Å². The number of guanidine groups is 1. The first kappa shape index (κ1) is 19.0. The van der Waals surface area contributed by atoms with Gasteiger partial charge in [0.15, 0.2) is 11.1 Å². The highest BCUT2D eigenvalue weighted by atomic mass is 127. The summed E-state index contributed by atoms with van der Waals surface area (Å²) >= 11 is 1.68. The van der Waals surface area contributed by atoms with E-state index >= 15 is 0 Å². The van der Waals surface area contributed by atoms with E-state index in [-0.39, 0.29) is 24.0 Å². The summed E-state index contributed by atoms with van der Waals surface area (Å²) < 4.78 is 0. The maximum absolute atomic E-state index is 6.20. The van der Waals surface area contributed by atoms with Gasteiger partial charge < -0.3 is 20.5 Å². The molecule has 0 amide bonds. The van der Waals surface area contributed by atoms with Gasteiger partial charge in [0.1, 0.15) is 0 Å². The number of para-hydroxylation sites is 1. The molecule has 6 nitrogen and oxygen atoms in total. The van der Waals surface area contributed by atoms with Crippen LogP contribution in [0.4, 0.5) is 5.13 Å². The van der Waals surface area contributed by atoms with E-state index in [2.05, 4.69) is 49.2 Å². The van der Waals surface area contributed by atoms with Crippen molar-refractivity contribution in [2.45, 2.75) is 6.42 Å². The van der Waals surface area contributed by atoms with Gasteiger partial charge in [0.25, 0.3) is 0 Å². The van der Waals surface area contributed by atoms with Crippen molar-refractivity contribution in [2.24, 2.45) is 10.7 Å². The summed E-state index contributed by atoms with van der Waals surface area (Å²) in [5.41, 5.74) is 8.67. The smallest absolute Gasteiger partial charge is 0.191 e. The number of hydrogen-bond acceptors (Lipinski definition) is 4. The summed E-state index contributed by atoms with van der Waals surface area (Å²) in [6.07, 6.45) is 4.82. The molecule has 26 heavy (non-hydrogen) atoms. The second-order valence-corrected chi connectivity index (χ2v) is 7.01. The second kappa shape index (κ2) is 8.72. The number of H-pyrrole nitrogens is 1. The molecular formula is C18H23IN6S. The average Bonchev–Trinajstić information content (AvgIpc) is 3.32. The number of hydrogen-bond donors (Lipinski definition) is 2. The van der Waals surface area contributed by atoms with Gasteiger partial charge in [-0.3, -0.25) is 4.99 Å². The monoisotopic (exact) mass is 482 g/mol. The lowest BCUT2D eigenvalue weighted by Crippen LogP contribution is -2.51. The number of piperazine rings is 1. The summed E-state index contributed by atoms with van der Waals surface area (Å²) in [5.74, 6) is 0.652. The first-order valence-electron chi connectivity index (χ1n) is 8.55. The van der Waals surface area contributed by atoms with Crippen molar-refractivity contribution in [2.75, 3.05) is 37.6 Å². The predicted octanol–water partition coefficient (Wildman–Crippen LogP) is 2.92. The van der Waals surface area contributed by atoms with Crippen LogP contribution in [0.1, 0.15) is 5.56 Å². The number of aromatic amines is 1. The molecule has 8 heteroatoms. The Hall–Kier alpha value is -1.81. The Morgan fingerprint density at radius 3 is 2.81 bits per heavy atom. The average molecular weight is 482 g/mol. The van der Waals surface area contributed by atoms with Crippen LogP contribution < -0.4 is 10.6 Å². The lowest BCUT2D eigenvalue weighted by Gasteiger charge is -2.35. The molecule has 2 aromatic heterocycles. The van der Waals surface area contributed by atoms with Gasteiger partial charge in [-0.15, -0.1) is 35.3 Å². The fourth-order valence-electron chi connectivity index (χ4n) is 3.23. The Morgan fingerprint density at radius 1 is 1.23 bits per heavy atom. The van der Waals surface area contributed by atoms with E-state index in [1.807, 2.05) is 17.6 Å². The fraction of sp³-hybridized carbons (Fsp3) is 0.333. The third kappa shape index (κ3) is 4.12. The molecule has 0 bridgehead atoms. The molecule has 1 saturated heterocycles. The van der Waals surface area contributed by atoms with Crippen LogP contribution in [-0.2, 0) is 6.42 Å². The molecule has 0 saturated carbocycles. The highest BCUT2D eigenvalue weighted by Gasteiger charge is 2.19. The Bertz CT molecular complexity index is 852. The number of rotatable bonds is 4. The molecule has 3 heterocycles. The van der Waals surface area contributed by atoms with Crippen LogP contribution in [0.5, 0.6) is 0 Å². The lowest BCUT2D eigenvalue weighted by atomic mass is 10.1. The SMILES string of the molecule is I.NC(=NCCc1c[nH]c2ccccc12)N1CCN(c2nccs2)CC1. The number of benzene rings is 1. The molecule has 138 valence electrons. The Labute approximate surface area is 174 Å². The molecule has 0 unspecified atom stereocenters. The molecule has 1 aliphatic rings. The van der Waals surface area contributed by atoms with Gasteiger partial charge in [-0.05, 0) is 18.1 Å². The second-order valence-electron chi connectivity index (χ2n) is 6.14. The minimum absolute atomic E-state index is 0. The first-order valence-corrected chi connectivity index (χ1v) is 9.43. The van der Waals surface area contributed by atoms with Crippen LogP contribution in [0, 0.1) is 0 Å². The number of aliphatic imine (C=N–C) groups is 1. The number of anilines is 1. The molecule has 0 radical (unpaired) electrons. The third-order valence-corrected chi connectivity index (χ3v) is 5.46. The molecule has 1 fully saturated rings. The van der Waals surface area contributed by atoms with Crippen molar-refractivity contribution < 1.29 is 0 Å². The van der Waals surface area contributed by atoms with E-state index in [1.54, 1.807) is 11.3 Å². The molecule has 0 aliphatic carbocycles. The highest BCUT2D eigenvalue weighted by molar-refractivity contribution is 14.0. The summed E-state index contributed by atoms with van der Waals surface area (Å²) in [4.78, 5) is 16.7. The van der Waals surface area contributed by atoms with Crippen LogP contribution in [-0.4, -0.2) is 53.6 Å². The van der Waals surface area contributed by atoms with Crippen LogP contribution in [0.15, 0.2) is 47.0 Å². The molecule has 4 rings (SSSR count). The van der Waals surface area contributed by atoms with E-state index in [1.165, 1.54) is 16.5 Å². The number of nitrogens with two attached hydrogens (primary N) is 1. The largest absolute Gasteiger partial charge is 0.370 e. The minimum atomic E-state index is 0. The standard InChI is InChI=1S/C18H22N6S.HI/c19-17(23-8-10-24(11-9-23)18-21-7-12-25-18)20-6-5-14-13-22-16-4-2-1-3-15(14)16;/h1-4,7,12-13,22H,5-6,8-11H2,(H2,19,20);1H. The van der Waals surface area contributed by atoms with E-state index in [4.69, 9.17) is 5.73 Å². The van der Waals surface area contributed by atoms with Crippen LogP contribution >= 0.6 is 35.3 Å². The van der Waals surface area contributed by atoms with Crippen LogP contribution in [0.25, 0.3) is 10.9 Å². The van der Waals surface area contributed by atoms with Crippen molar-refractivity contribution in [3.05, 3.63) is 47.6 Å². The van der Waals surface area contributed by atoms with Gasteiger partial charge in [-0.25, -0.2) is 4.98 Å². The summed E-state index contributed by atoms with van der Waals surface area (Å²) in [6, 6.07) is 8.35. The lowest BCUT2D eigenvalue weighted by molar-refractivity contribution is 0.380. The number of nitrogens with one attached hydrogen (secondary N) is 1. The van der Waals surface area contributed by atoms with Crippen molar-refractivity contribution in [1.29, 1.82) is 0 Å².